The van der Waals surface area contributed by atoms with Crippen LogP contribution in [0.15, 0.2) is 40.9 Å². The first-order chi connectivity index (χ1) is 9.54. The molecule has 20 heavy (non-hydrogen) atoms. The van der Waals surface area contributed by atoms with Gasteiger partial charge < -0.3 is 10.5 Å². The van der Waals surface area contributed by atoms with Crippen LogP contribution in [0.5, 0.6) is 5.75 Å². The summed E-state index contributed by atoms with van der Waals surface area (Å²) in [4.78, 5) is 0. The molecule has 2 rings (SSSR count). The van der Waals surface area contributed by atoms with Gasteiger partial charge in [0.1, 0.15) is 5.75 Å². The lowest BCUT2D eigenvalue weighted by Gasteiger charge is -2.19. The van der Waals surface area contributed by atoms with Gasteiger partial charge in [-0.2, -0.15) is 0 Å². The van der Waals surface area contributed by atoms with Gasteiger partial charge in [-0.05, 0) is 49.6 Å². The molecule has 0 spiro atoms. The topological polar surface area (TPSA) is 35.2 Å². The molecule has 0 saturated heterocycles. The normalized spacial score (nSPS) is 12.2. The van der Waals surface area contributed by atoms with E-state index in [-0.39, 0.29) is 6.04 Å². The van der Waals surface area contributed by atoms with Gasteiger partial charge in [0.2, 0.25) is 0 Å². The van der Waals surface area contributed by atoms with Crippen molar-refractivity contribution in [3.05, 3.63) is 63.1 Å². The molecule has 0 aliphatic heterocycles. The lowest BCUT2D eigenvalue weighted by molar-refractivity contribution is 0.335. The largest absolute Gasteiger partial charge is 0.494 e. The van der Waals surface area contributed by atoms with Gasteiger partial charge in [0.25, 0.3) is 0 Å². The first-order valence-electron chi connectivity index (χ1n) is 6.78. The van der Waals surface area contributed by atoms with Crippen molar-refractivity contribution in [1.82, 2.24) is 0 Å². The molecule has 2 aromatic carbocycles. The third-order valence-corrected chi connectivity index (χ3v) is 4.29. The molecule has 2 nitrogen and oxygen atoms in total. The first kappa shape index (κ1) is 15.1. The highest BCUT2D eigenvalue weighted by Gasteiger charge is 2.16. The first-order valence-corrected chi connectivity index (χ1v) is 7.57. The van der Waals surface area contributed by atoms with Gasteiger partial charge in [-0.15, -0.1) is 0 Å². The van der Waals surface area contributed by atoms with E-state index in [0.717, 1.165) is 21.3 Å². The summed E-state index contributed by atoms with van der Waals surface area (Å²) in [5.41, 5.74) is 11.0. The molecule has 0 heterocycles. The van der Waals surface area contributed by atoms with Crippen molar-refractivity contribution >= 4 is 15.9 Å². The van der Waals surface area contributed by atoms with Gasteiger partial charge in [0.05, 0.1) is 12.6 Å². The van der Waals surface area contributed by atoms with Crippen LogP contribution < -0.4 is 10.5 Å². The molecule has 0 amide bonds. The summed E-state index contributed by atoms with van der Waals surface area (Å²) < 4.78 is 6.80. The summed E-state index contributed by atoms with van der Waals surface area (Å²) in [5.74, 6) is 0.863. The average molecular weight is 334 g/mol. The lowest BCUT2D eigenvalue weighted by Crippen LogP contribution is -2.15. The van der Waals surface area contributed by atoms with Crippen molar-refractivity contribution in [2.24, 2.45) is 5.73 Å². The van der Waals surface area contributed by atoms with Crippen LogP contribution >= 0.6 is 15.9 Å². The van der Waals surface area contributed by atoms with Crippen molar-refractivity contribution in [1.29, 1.82) is 0 Å². The third-order valence-electron chi connectivity index (χ3n) is 3.44. The van der Waals surface area contributed by atoms with Gasteiger partial charge in [-0.25, -0.2) is 0 Å². The van der Waals surface area contributed by atoms with Crippen LogP contribution in [0.1, 0.15) is 35.2 Å². The second kappa shape index (κ2) is 6.42. The maximum Gasteiger partial charge on any atom is 0.124 e. The summed E-state index contributed by atoms with van der Waals surface area (Å²) in [6.45, 7) is 6.79. The molecule has 0 aliphatic rings. The summed E-state index contributed by atoms with van der Waals surface area (Å²) in [6.07, 6.45) is 0. The molecule has 3 heteroatoms. The smallest absolute Gasteiger partial charge is 0.124 e. The summed E-state index contributed by atoms with van der Waals surface area (Å²) in [5, 5.41) is 0. The minimum absolute atomic E-state index is 0.176. The molecule has 0 saturated carbocycles. The van der Waals surface area contributed by atoms with Crippen LogP contribution in [0.4, 0.5) is 0 Å². The fraction of sp³-hybridized carbons (Fsp3) is 0.294. The molecule has 0 radical (unpaired) electrons. The Kier molecular flexibility index (Phi) is 4.84. The second-order valence-electron chi connectivity index (χ2n) is 4.91. The summed E-state index contributed by atoms with van der Waals surface area (Å²) in [7, 11) is 0. The summed E-state index contributed by atoms with van der Waals surface area (Å²) in [6, 6.07) is 12.1. The van der Waals surface area contributed by atoms with Crippen LogP contribution in [-0.4, -0.2) is 6.61 Å². The molecular formula is C17H20BrNO. The van der Waals surface area contributed by atoms with Crippen molar-refractivity contribution in [2.75, 3.05) is 6.61 Å². The number of para-hydroxylation sites is 1. The lowest BCUT2D eigenvalue weighted by atomic mass is 9.94. The molecule has 0 bridgehead atoms. The number of aryl methyl sites for hydroxylation is 2. The Morgan fingerprint density at radius 1 is 1.10 bits per heavy atom. The Morgan fingerprint density at radius 3 is 2.50 bits per heavy atom. The van der Waals surface area contributed by atoms with E-state index in [4.69, 9.17) is 10.5 Å². The van der Waals surface area contributed by atoms with Gasteiger partial charge in [0, 0.05) is 10.0 Å². The SMILES string of the molecule is CCOc1ccccc1C(N)c1cc(C)c(Br)cc1C. The molecule has 0 aliphatic carbocycles. The quantitative estimate of drug-likeness (QED) is 0.893. The third kappa shape index (κ3) is 3.05. The van der Waals surface area contributed by atoms with E-state index in [9.17, 15) is 0 Å². The van der Waals surface area contributed by atoms with Crippen LogP contribution in [0.3, 0.4) is 0 Å². The van der Waals surface area contributed by atoms with E-state index in [1.807, 2.05) is 31.2 Å². The minimum Gasteiger partial charge on any atom is -0.494 e. The highest BCUT2D eigenvalue weighted by Crippen LogP contribution is 2.32. The summed E-state index contributed by atoms with van der Waals surface area (Å²) >= 11 is 3.56. The molecule has 0 fully saturated rings. The van der Waals surface area contributed by atoms with Crippen LogP contribution in [0.25, 0.3) is 0 Å². The van der Waals surface area contributed by atoms with Crippen molar-refractivity contribution in [2.45, 2.75) is 26.8 Å². The predicted molar refractivity (Wildman–Crippen MR) is 87.3 cm³/mol. The molecule has 106 valence electrons. The monoisotopic (exact) mass is 333 g/mol. The Bertz CT molecular complexity index is 610. The van der Waals surface area contributed by atoms with E-state index in [0.29, 0.717) is 6.61 Å². The van der Waals surface area contributed by atoms with E-state index in [1.165, 1.54) is 11.1 Å². The number of halogens is 1. The molecule has 1 unspecified atom stereocenters. The standard InChI is InChI=1S/C17H20BrNO/c1-4-20-16-8-6-5-7-13(16)17(19)14-9-12(3)15(18)10-11(14)2/h5-10,17H,4,19H2,1-3H3. The maximum atomic E-state index is 6.47. The zero-order valence-electron chi connectivity index (χ0n) is 12.1. The van der Waals surface area contributed by atoms with Gasteiger partial charge in [-0.3, -0.25) is 0 Å². The zero-order valence-corrected chi connectivity index (χ0v) is 13.7. The van der Waals surface area contributed by atoms with Gasteiger partial charge in [-0.1, -0.05) is 40.2 Å². The van der Waals surface area contributed by atoms with E-state index in [1.54, 1.807) is 0 Å². The van der Waals surface area contributed by atoms with Crippen LogP contribution in [0, 0.1) is 13.8 Å². The van der Waals surface area contributed by atoms with Crippen molar-refractivity contribution < 1.29 is 4.74 Å². The maximum absolute atomic E-state index is 6.47. The molecule has 2 N–H and O–H groups in total. The number of rotatable bonds is 4. The Labute approximate surface area is 129 Å². The Balaban J connectivity index is 2.46. The fourth-order valence-electron chi connectivity index (χ4n) is 2.33. The number of hydrogen-bond donors (Lipinski definition) is 1. The fourth-order valence-corrected chi connectivity index (χ4v) is 2.79. The van der Waals surface area contributed by atoms with Crippen molar-refractivity contribution in [3.8, 4) is 5.75 Å². The van der Waals surface area contributed by atoms with E-state index >= 15 is 0 Å². The minimum atomic E-state index is -0.176. The van der Waals surface area contributed by atoms with Crippen LogP contribution in [0.2, 0.25) is 0 Å². The van der Waals surface area contributed by atoms with Gasteiger partial charge >= 0.3 is 0 Å². The molecule has 1 atom stereocenters. The average Bonchev–Trinajstić information content (AvgIpc) is 2.43. The second-order valence-corrected chi connectivity index (χ2v) is 5.76. The predicted octanol–water partition coefficient (Wildman–Crippen LogP) is 4.51. The van der Waals surface area contributed by atoms with E-state index < -0.39 is 0 Å². The zero-order chi connectivity index (χ0) is 14.7. The highest BCUT2D eigenvalue weighted by atomic mass is 79.9. The highest BCUT2D eigenvalue weighted by molar-refractivity contribution is 9.10. The van der Waals surface area contributed by atoms with Crippen LogP contribution in [-0.2, 0) is 0 Å². The number of ether oxygens (including phenoxy) is 1. The number of hydrogen-bond acceptors (Lipinski definition) is 2. The van der Waals surface area contributed by atoms with Gasteiger partial charge in [0.15, 0.2) is 0 Å². The molecule has 0 aromatic heterocycles. The molecular weight excluding hydrogens is 314 g/mol. The Morgan fingerprint density at radius 2 is 1.80 bits per heavy atom. The molecule has 2 aromatic rings. The number of nitrogens with two attached hydrogens (primary N) is 1. The number of benzene rings is 2. The Hall–Kier alpha value is -1.32. The van der Waals surface area contributed by atoms with E-state index in [2.05, 4.69) is 41.9 Å². The van der Waals surface area contributed by atoms with Crippen molar-refractivity contribution in [3.63, 3.8) is 0 Å².